The van der Waals surface area contributed by atoms with E-state index < -0.39 is 9.84 Å². The molecule has 1 aliphatic rings. The molecule has 0 aliphatic carbocycles. The first kappa shape index (κ1) is 17.1. The molecular formula is C17H16Cl2N2O2S. The molecule has 126 valence electrons. The number of anilines is 2. The Morgan fingerprint density at radius 1 is 0.958 bits per heavy atom. The van der Waals surface area contributed by atoms with E-state index >= 15 is 0 Å². The number of rotatable bonds is 5. The molecule has 3 rings (SSSR count). The Morgan fingerprint density at radius 3 is 2.17 bits per heavy atom. The highest BCUT2D eigenvalue weighted by Gasteiger charge is 2.29. The van der Waals surface area contributed by atoms with Crippen LogP contribution in [0.15, 0.2) is 59.5 Å². The summed E-state index contributed by atoms with van der Waals surface area (Å²) >= 11 is 12.3. The second-order valence-electron chi connectivity index (χ2n) is 5.53. The van der Waals surface area contributed by atoms with Gasteiger partial charge in [-0.25, -0.2) is 8.42 Å². The molecule has 2 aromatic carbocycles. The van der Waals surface area contributed by atoms with Gasteiger partial charge in [-0.1, -0.05) is 47.5 Å². The minimum atomic E-state index is -3.23. The van der Waals surface area contributed by atoms with E-state index in [1.165, 1.54) is 5.41 Å². The fourth-order valence-electron chi connectivity index (χ4n) is 2.57. The summed E-state index contributed by atoms with van der Waals surface area (Å²) in [6.45, 7) is 0.380. The van der Waals surface area contributed by atoms with E-state index in [9.17, 15) is 8.42 Å². The van der Waals surface area contributed by atoms with Crippen molar-refractivity contribution >= 4 is 44.4 Å². The van der Waals surface area contributed by atoms with Gasteiger partial charge >= 0.3 is 0 Å². The molecule has 1 aliphatic heterocycles. The third-order valence-corrected chi connectivity index (χ3v) is 5.86. The van der Waals surface area contributed by atoms with E-state index in [1.54, 1.807) is 12.1 Å². The van der Waals surface area contributed by atoms with Crippen LogP contribution in [-0.4, -0.2) is 26.8 Å². The minimum Gasteiger partial charge on any atom is -0.380 e. The third kappa shape index (κ3) is 4.04. The van der Waals surface area contributed by atoms with Gasteiger partial charge in [0.25, 0.3) is 0 Å². The van der Waals surface area contributed by atoms with E-state index in [2.05, 4.69) is 10.6 Å². The summed E-state index contributed by atoms with van der Waals surface area (Å²) in [5, 5.41) is 8.87. The van der Waals surface area contributed by atoms with E-state index in [4.69, 9.17) is 23.2 Å². The lowest BCUT2D eigenvalue weighted by atomic mass is 10.1. The number of hydrogen-bond donors (Lipinski definition) is 2. The number of hydrogen-bond acceptors (Lipinski definition) is 4. The molecule has 4 nitrogen and oxygen atoms in total. The molecule has 0 spiro atoms. The van der Waals surface area contributed by atoms with E-state index in [1.807, 2.05) is 36.4 Å². The number of halogens is 2. The van der Waals surface area contributed by atoms with E-state index in [0.29, 0.717) is 22.3 Å². The van der Waals surface area contributed by atoms with Crippen LogP contribution in [-0.2, 0) is 9.84 Å². The molecule has 0 amide bonds. The zero-order valence-electron chi connectivity index (χ0n) is 12.7. The molecule has 0 saturated carbocycles. The van der Waals surface area contributed by atoms with Gasteiger partial charge in [0.2, 0.25) is 0 Å². The number of nitrogens with one attached hydrogen (secondary N) is 2. The fourth-order valence-corrected chi connectivity index (χ4v) is 4.53. The van der Waals surface area contributed by atoms with Crippen molar-refractivity contribution in [1.29, 1.82) is 0 Å². The highest BCUT2D eigenvalue weighted by atomic mass is 35.5. The molecule has 7 heteroatoms. The fraction of sp³-hybridized carbons (Fsp3) is 0.176. The van der Waals surface area contributed by atoms with Crippen LogP contribution in [0.2, 0.25) is 10.0 Å². The summed E-state index contributed by atoms with van der Waals surface area (Å²) in [6.07, 6.45) is 0. The Morgan fingerprint density at radius 2 is 1.54 bits per heavy atom. The number of para-hydroxylation sites is 2. The first-order valence-electron chi connectivity index (χ1n) is 7.37. The number of benzene rings is 2. The maximum absolute atomic E-state index is 12.0. The van der Waals surface area contributed by atoms with Gasteiger partial charge in [-0.15, -0.1) is 0 Å². The zero-order chi connectivity index (χ0) is 17.2. The van der Waals surface area contributed by atoms with Gasteiger partial charge in [-0.3, -0.25) is 0 Å². The summed E-state index contributed by atoms with van der Waals surface area (Å²) in [4.78, 5) is 0. The van der Waals surface area contributed by atoms with Crippen molar-refractivity contribution in [3.8, 4) is 0 Å². The lowest BCUT2D eigenvalue weighted by Gasteiger charge is -2.19. The first-order valence-corrected chi connectivity index (χ1v) is 9.84. The quantitative estimate of drug-likeness (QED) is 0.813. The second kappa shape index (κ2) is 7.05. The lowest BCUT2D eigenvalue weighted by molar-refractivity contribution is 0.605. The Labute approximate surface area is 151 Å². The maximum Gasteiger partial charge on any atom is 0.174 e. The molecular weight excluding hydrogens is 367 g/mol. The van der Waals surface area contributed by atoms with Gasteiger partial charge in [-0.05, 0) is 29.8 Å². The third-order valence-electron chi connectivity index (χ3n) is 3.74. The monoisotopic (exact) mass is 382 g/mol. The normalized spacial score (nSPS) is 18.9. The Kier molecular flexibility index (Phi) is 5.04. The van der Waals surface area contributed by atoms with Crippen molar-refractivity contribution in [2.75, 3.05) is 22.9 Å². The largest absolute Gasteiger partial charge is 0.380 e. The van der Waals surface area contributed by atoms with Crippen LogP contribution in [0.4, 0.5) is 11.4 Å². The summed E-state index contributed by atoms with van der Waals surface area (Å²) in [5.74, 6) is 0.0117. The van der Waals surface area contributed by atoms with Crippen LogP contribution in [0.25, 0.3) is 0 Å². The van der Waals surface area contributed by atoms with Crippen molar-refractivity contribution in [2.45, 2.75) is 6.04 Å². The summed E-state index contributed by atoms with van der Waals surface area (Å²) in [7, 11) is -3.23. The Balaban J connectivity index is 1.76. The maximum atomic E-state index is 12.0. The van der Waals surface area contributed by atoms with Crippen LogP contribution < -0.4 is 10.6 Å². The summed E-state index contributed by atoms with van der Waals surface area (Å²) < 4.78 is 24.0. The molecule has 0 radical (unpaired) electrons. The Hall–Kier alpha value is -1.69. The van der Waals surface area contributed by atoms with Gasteiger partial charge in [0.15, 0.2) is 9.84 Å². The van der Waals surface area contributed by atoms with Crippen LogP contribution in [0, 0.1) is 0 Å². The van der Waals surface area contributed by atoms with E-state index in [-0.39, 0.29) is 11.8 Å². The summed E-state index contributed by atoms with van der Waals surface area (Å²) in [5.41, 5.74) is 2.22. The Bertz CT molecular complexity index is 882. The molecule has 2 N–H and O–H groups in total. The van der Waals surface area contributed by atoms with Crippen LogP contribution >= 0.6 is 23.2 Å². The van der Waals surface area contributed by atoms with Gasteiger partial charge < -0.3 is 10.6 Å². The van der Waals surface area contributed by atoms with Crippen molar-refractivity contribution in [1.82, 2.24) is 0 Å². The molecule has 1 heterocycles. The van der Waals surface area contributed by atoms with Crippen LogP contribution in [0.1, 0.15) is 0 Å². The smallest absolute Gasteiger partial charge is 0.174 e. The van der Waals surface area contributed by atoms with Crippen LogP contribution in [0.5, 0.6) is 0 Å². The van der Waals surface area contributed by atoms with Gasteiger partial charge in [0.1, 0.15) is 0 Å². The lowest BCUT2D eigenvalue weighted by Crippen LogP contribution is -2.27. The highest BCUT2D eigenvalue weighted by Crippen LogP contribution is 2.27. The van der Waals surface area contributed by atoms with Crippen molar-refractivity contribution < 1.29 is 8.42 Å². The van der Waals surface area contributed by atoms with E-state index in [0.717, 1.165) is 11.3 Å². The molecule has 2 aromatic rings. The predicted octanol–water partition coefficient (Wildman–Crippen LogP) is 4.20. The predicted molar refractivity (Wildman–Crippen MR) is 101 cm³/mol. The molecule has 0 fully saturated rings. The standard InChI is InChI=1S/C17H16Cl2N2O2S/c18-13-5-1-3-7-15(13)20-9-12-10-24(22,23)11-17(12)21-16-8-4-2-6-14(16)19/h1-8,10,17,20-21H,9,11H2/t17-/m1/s1. The van der Waals surface area contributed by atoms with Gasteiger partial charge in [-0.2, -0.15) is 0 Å². The first-order chi connectivity index (χ1) is 11.4. The summed E-state index contributed by atoms with van der Waals surface area (Å²) in [6, 6.07) is 14.3. The topological polar surface area (TPSA) is 58.2 Å². The molecule has 0 aromatic heterocycles. The molecule has 0 saturated heterocycles. The molecule has 24 heavy (non-hydrogen) atoms. The van der Waals surface area contributed by atoms with Crippen molar-refractivity contribution in [2.24, 2.45) is 0 Å². The van der Waals surface area contributed by atoms with Gasteiger partial charge in [0.05, 0.1) is 33.2 Å². The average Bonchev–Trinajstić information content (AvgIpc) is 2.83. The van der Waals surface area contributed by atoms with Crippen LogP contribution in [0.3, 0.4) is 0 Å². The zero-order valence-corrected chi connectivity index (χ0v) is 15.0. The van der Waals surface area contributed by atoms with Gasteiger partial charge in [0, 0.05) is 12.0 Å². The minimum absolute atomic E-state index is 0.0117. The number of sulfone groups is 1. The highest BCUT2D eigenvalue weighted by molar-refractivity contribution is 7.94. The molecule has 0 bridgehead atoms. The molecule has 1 atom stereocenters. The van der Waals surface area contributed by atoms with Crippen molar-refractivity contribution in [3.63, 3.8) is 0 Å². The SMILES string of the molecule is O=S1(=O)C=C(CNc2ccccc2Cl)[C@H](Nc2ccccc2Cl)C1. The average molecular weight is 383 g/mol. The molecule has 0 unspecified atom stereocenters. The van der Waals surface area contributed by atoms with Crippen molar-refractivity contribution in [3.05, 3.63) is 69.6 Å². The second-order valence-corrected chi connectivity index (χ2v) is 8.24.